The molecule has 1 atom stereocenters. The van der Waals surface area contributed by atoms with Crippen LogP contribution in [-0.4, -0.2) is 54.7 Å². The normalized spacial score (nSPS) is 17.8. The predicted molar refractivity (Wildman–Crippen MR) is 108 cm³/mol. The molecule has 0 saturated carbocycles. The number of nitrogens with one attached hydrogen (secondary N) is 1. The van der Waals surface area contributed by atoms with Crippen LogP contribution in [0.5, 0.6) is 0 Å². The van der Waals surface area contributed by atoms with Crippen molar-refractivity contribution in [1.82, 2.24) is 19.2 Å². The first-order valence-electron chi connectivity index (χ1n) is 9.42. The van der Waals surface area contributed by atoms with E-state index in [1.54, 1.807) is 11.0 Å². The van der Waals surface area contributed by atoms with E-state index < -0.39 is 10.0 Å². The largest absolute Gasteiger partial charge is 0.342 e. The van der Waals surface area contributed by atoms with Crippen molar-refractivity contribution < 1.29 is 13.2 Å². The minimum Gasteiger partial charge on any atom is -0.342 e. The highest BCUT2D eigenvalue weighted by Crippen LogP contribution is 2.17. The van der Waals surface area contributed by atoms with Crippen molar-refractivity contribution in [3.63, 3.8) is 0 Å². The Bertz CT molecular complexity index is 1030. The highest BCUT2D eigenvalue weighted by molar-refractivity contribution is 7.88. The number of hydrogen-bond acceptors (Lipinski definition) is 5. The zero-order chi connectivity index (χ0) is 20.3. The predicted octanol–water partition coefficient (Wildman–Crippen LogP) is 0.883. The highest BCUT2D eigenvalue weighted by Gasteiger charge is 2.24. The maximum absolute atomic E-state index is 12.6. The van der Waals surface area contributed by atoms with Gasteiger partial charge in [-0.15, -0.1) is 0 Å². The van der Waals surface area contributed by atoms with Gasteiger partial charge >= 0.3 is 0 Å². The van der Waals surface area contributed by atoms with E-state index >= 15 is 0 Å². The molecule has 0 radical (unpaired) electrons. The third-order valence-electron chi connectivity index (χ3n) is 5.13. The van der Waals surface area contributed by atoms with Crippen molar-refractivity contribution in [3.8, 4) is 0 Å². The van der Waals surface area contributed by atoms with Gasteiger partial charge in [-0.1, -0.05) is 12.1 Å². The lowest BCUT2D eigenvalue weighted by Gasteiger charge is -2.33. The molecule has 1 aliphatic rings. The van der Waals surface area contributed by atoms with Crippen molar-refractivity contribution >= 4 is 26.8 Å². The minimum absolute atomic E-state index is 0.0275. The molecule has 9 heteroatoms. The van der Waals surface area contributed by atoms with Crippen molar-refractivity contribution in [3.05, 3.63) is 40.4 Å². The van der Waals surface area contributed by atoms with E-state index in [1.165, 1.54) is 10.9 Å². The Morgan fingerprint density at radius 1 is 1.36 bits per heavy atom. The number of rotatable bonds is 6. The summed E-state index contributed by atoms with van der Waals surface area (Å²) in [5.41, 5.74) is 1.49. The maximum Gasteiger partial charge on any atom is 0.261 e. The monoisotopic (exact) mass is 406 g/mol. The van der Waals surface area contributed by atoms with Gasteiger partial charge in [-0.3, -0.25) is 14.2 Å². The van der Waals surface area contributed by atoms with Gasteiger partial charge in [0.1, 0.15) is 0 Å². The van der Waals surface area contributed by atoms with Crippen molar-refractivity contribution in [2.24, 2.45) is 5.92 Å². The number of hydrogen-bond donors (Lipinski definition) is 1. The summed E-state index contributed by atoms with van der Waals surface area (Å²) in [4.78, 5) is 31.4. The zero-order valence-corrected chi connectivity index (χ0v) is 17.0. The van der Waals surface area contributed by atoms with E-state index in [1.807, 2.05) is 19.1 Å². The SMILES string of the molecule is Cc1cccc2c(=O)n(CCC(=O)N3CCCC(CNS(C)(=O)=O)C3)cnc12. The summed E-state index contributed by atoms with van der Waals surface area (Å²) in [6.07, 6.45) is 4.58. The van der Waals surface area contributed by atoms with Gasteiger partial charge in [0.25, 0.3) is 5.56 Å². The molecule has 1 fully saturated rings. The van der Waals surface area contributed by atoms with Gasteiger partial charge in [0.2, 0.25) is 15.9 Å². The molecular formula is C19H26N4O4S. The first kappa shape index (κ1) is 20.5. The van der Waals surface area contributed by atoms with E-state index in [-0.39, 0.29) is 30.3 Å². The standard InChI is InChI=1S/C19H26N4O4S/c1-14-5-3-7-16-18(14)20-13-23(19(16)25)10-8-17(24)22-9-4-6-15(12-22)11-21-28(2,26)27/h3,5,7,13,15,21H,4,6,8-12H2,1-2H3. The number of carbonyl (C=O) groups excluding carboxylic acids is 1. The molecule has 1 unspecified atom stereocenters. The van der Waals surface area contributed by atoms with Gasteiger partial charge in [-0.2, -0.15) is 0 Å². The van der Waals surface area contributed by atoms with Crippen LogP contribution < -0.4 is 10.3 Å². The summed E-state index contributed by atoms with van der Waals surface area (Å²) in [5, 5.41) is 0.555. The van der Waals surface area contributed by atoms with Gasteiger partial charge in [0.15, 0.2) is 0 Å². The quantitative estimate of drug-likeness (QED) is 0.767. The van der Waals surface area contributed by atoms with Crippen LogP contribution in [0, 0.1) is 12.8 Å². The lowest BCUT2D eigenvalue weighted by atomic mass is 9.98. The van der Waals surface area contributed by atoms with Crippen molar-refractivity contribution in [2.75, 3.05) is 25.9 Å². The van der Waals surface area contributed by atoms with E-state index in [9.17, 15) is 18.0 Å². The number of aromatic nitrogens is 2. The summed E-state index contributed by atoms with van der Waals surface area (Å²) in [5.74, 6) is 0.0840. The molecule has 28 heavy (non-hydrogen) atoms. The van der Waals surface area contributed by atoms with Gasteiger partial charge in [0.05, 0.1) is 23.5 Å². The molecule has 2 heterocycles. The van der Waals surface area contributed by atoms with Gasteiger partial charge < -0.3 is 4.90 Å². The number of piperidine rings is 1. The minimum atomic E-state index is -3.23. The molecular weight excluding hydrogens is 380 g/mol. The topological polar surface area (TPSA) is 101 Å². The number of fused-ring (bicyclic) bond motifs is 1. The number of para-hydroxylation sites is 1. The molecule has 1 amide bonds. The second kappa shape index (κ2) is 8.40. The van der Waals surface area contributed by atoms with Crippen LogP contribution in [-0.2, 0) is 21.4 Å². The van der Waals surface area contributed by atoms with Crippen molar-refractivity contribution in [1.29, 1.82) is 0 Å². The summed E-state index contributed by atoms with van der Waals surface area (Å²) in [6, 6.07) is 5.49. The highest BCUT2D eigenvalue weighted by atomic mass is 32.2. The third-order valence-corrected chi connectivity index (χ3v) is 5.82. The summed E-state index contributed by atoms with van der Waals surface area (Å²) in [7, 11) is -3.23. The Morgan fingerprint density at radius 3 is 2.89 bits per heavy atom. The molecule has 0 spiro atoms. The molecule has 8 nitrogen and oxygen atoms in total. The first-order chi connectivity index (χ1) is 13.2. The number of likely N-dealkylation sites (tertiary alicyclic amines) is 1. The number of sulfonamides is 1. The Balaban J connectivity index is 1.61. The molecule has 1 N–H and O–H groups in total. The molecule has 1 aliphatic heterocycles. The van der Waals surface area contributed by atoms with Crippen LogP contribution in [0.25, 0.3) is 10.9 Å². The Morgan fingerprint density at radius 2 is 2.14 bits per heavy atom. The first-order valence-corrected chi connectivity index (χ1v) is 11.3. The molecule has 3 rings (SSSR count). The Kier molecular flexibility index (Phi) is 6.14. The lowest BCUT2D eigenvalue weighted by Crippen LogP contribution is -2.44. The molecule has 1 aromatic carbocycles. The molecule has 2 aromatic rings. The average molecular weight is 407 g/mol. The molecule has 152 valence electrons. The number of amides is 1. The second-order valence-corrected chi connectivity index (χ2v) is 9.27. The lowest BCUT2D eigenvalue weighted by molar-refractivity contribution is -0.133. The fourth-order valence-corrected chi connectivity index (χ4v) is 4.14. The Hall–Kier alpha value is -2.26. The maximum atomic E-state index is 12.6. The number of benzene rings is 1. The average Bonchev–Trinajstić information content (AvgIpc) is 2.66. The Labute approximate surface area is 164 Å². The fraction of sp³-hybridized carbons (Fsp3) is 0.526. The molecule has 0 aliphatic carbocycles. The summed E-state index contributed by atoms with van der Waals surface area (Å²) in [6.45, 7) is 3.73. The molecule has 1 aromatic heterocycles. The van der Waals surface area contributed by atoms with E-state index in [0.717, 1.165) is 24.7 Å². The van der Waals surface area contributed by atoms with Crippen LogP contribution in [0.2, 0.25) is 0 Å². The van der Waals surface area contributed by atoms with E-state index in [2.05, 4.69) is 9.71 Å². The fourth-order valence-electron chi connectivity index (χ4n) is 3.60. The summed E-state index contributed by atoms with van der Waals surface area (Å²) < 4.78 is 26.5. The van der Waals surface area contributed by atoms with Crippen LogP contribution >= 0.6 is 0 Å². The van der Waals surface area contributed by atoms with E-state index in [0.29, 0.717) is 30.5 Å². The number of nitrogens with zero attached hydrogens (tertiary/aromatic N) is 3. The van der Waals surface area contributed by atoms with E-state index in [4.69, 9.17) is 0 Å². The van der Waals surface area contributed by atoms with Crippen LogP contribution in [0.3, 0.4) is 0 Å². The smallest absolute Gasteiger partial charge is 0.261 e. The van der Waals surface area contributed by atoms with Crippen LogP contribution in [0.4, 0.5) is 0 Å². The summed E-state index contributed by atoms with van der Waals surface area (Å²) >= 11 is 0. The van der Waals surface area contributed by atoms with Crippen LogP contribution in [0.15, 0.2) is 29.3 Å². The number of carbonyl (C=O) groups is 1. The van der Waals surface area contributed by atoms with Crippen molar-refractivity contribution in [2.45, 2.75) is 32.7 Å². The van der Waals surface area contributed by atoms with Gasteiger partial charge in [-0.25, -0.2) is 18.1 Å². The zero-order valence-electron chi connectivity index (χ0n) is 16.2. The van der Waals surface area contributed by atoms with Crippen LogP contribution in [0.1, 0.15) is 24.8 Å². The second-order valence-electron chi connectivity index (χ2n) is 7.43. The third kappa shape index (κ3) is 4.96. The molecule has 0 bridgehead atoms. The van der Waals surface area contributed by atoms with Gasteiger partial charge in [-0.05, 0) is 37.3 Å². The molecule has 1 saturated heterocycles. The number of aryl methyl sites for hydroxylation is 2. The van der Waals surface area contributed by atoms with Gasteiger partial charge in [0, 0.05) is 32.6 Å².